The van der Waals surface area contributed by atoms with Gasteiger partial charge < -0.3 is 0 Å². The molecule has 0 bridgehead atoms. The molecular weight excluding hydrogens is 111 g/mol. The Kier molecular flexibility index (Phi) is 3.31. The van der Waals surface area contributed by atoms with Gasteiger partial charge in [-0.1, -0.05) is 0 Å². The predicted molar refractivity (Wildman–Crippen MR) is 26.7 cm³/mol. The summed E-state index contributed by atoms with van der Waals surface area (Å²) >= 11 is 0. The zero-order valence-electron chi connectivity index (χ0n) is 3.55. The zero-order valence-corrected chi connectivity index (χ0v) is 4.44. The molecule has 0 fully saturated rings. The van der Waals surface area contributed by atoms with Crippen LogP contribution in [0.3, 0.4) is 0 Å². The van der Waals surface area contributed by atoms with Crippen LogP contribution in [0.5, 0.6) is 0 Å². The summed E-state index contributed by atoms with van der Waals surface area (Å²) in [5.74, 6) is -0.434. The number of carbonyl (C=O) groups excluding carboxylic acids is 1. The Morgan fingerprint density at radius 2 is 2.43 bits per heavy atom. The second kappa shape index (κ2) is 3.60. The number of rotatable bonds is 1. The van der Waals surface area contributed by atoms with Gasteiger partial charge in [0.05, 0.1) is 0 Å². The van der Waals surface area contributed by atoms with Gasteiger partial charge in [0, 0.05) is 0 Å². The van der Waals surface area contributed by atoms with E-state index in [1.807, 2.05) is 5.63 Å². The first kappa shape index (κ1) is 6.42. The number of carbonyl (C=O) groups is 1. The van der Waals surface area contributed by atoms with Gasteiger partial charge in [-0.15, -0.1) is 0 Å². The van der Waals surface area contributed by atoms with E-state index >= 15 is 0 Å². The van der Waals surface area contributed by atoms with Gasteiger partial charge in [-0.3, -0.25) is 0 Å². The van der Waals surface area contributed by atoms with Crippen LogP contribution < -0.4 is 0 Å². The molecule has 0 aromatic carbocycles. The van der Waals surface area contributed by atoms with Crippen molar-refractivity contribution in [1.82, 2.24) is 0 Å². The van der Waals surface area contributed by atoms with E-state index in [1.165, 1.54) is 0 Å². The second-order valence-corrected chi connectivity index (χ2v) is 1.18. The molecule has 0 aliphatic carbocycles. The fourth-order valence-electron chi connectivity index (χ4n) is 0.0906. The zero-order chi connectivity index (χ0) is 5.70. The van der Waals surface area contributed by atoms with Crippen molar-refractivity contribution < 1.29 is 9.36 Å². The second-order valence-electron chi connectivity index (χ2n) is 0.771. The van der Waals surface area contributed by atoms with Gasteiger partial charge in [0.1, 0.15) is 0 Å². The molecule has 0 amide bonds. The summed E-state index contributed by atoms with van der Waals surface area (Å²) in [5, 5.41) is 0. The molecular formula is C4H3O2P. The Hall–Kier alpha value is -0.580. The Balaban J connectivity index is 4.01. The fourth-order valence-corrected chi connectivity index (χ4v) is 0.272. The van der Waals surface area contributed by atoms with E-state index in [0.717, 1.165) is 6.08 Å². The molecule has 0 saturated carbocycles. The van der Waals surface area contributed by atoms with Gasteiger partial charge >= 0.3 is 41.3 Å². The molecule has 0 saturated heterocycles. The Labute approximate surface area is 42.3 Å². The van der Waals surface area contributed by atoms with E-state index in [4.69, 9.17) is 0 Å². The Bertz CT molecular complexity index is 175. The first-order valence-electron chi connectivity index (χ1n) is 1.56. The van der Waals surface area contributed by atoms with Crippen molar-refractivity contribution in [3.05, 3.63) is 12.7 Å². The van der Waals surface area contributed by atoms with Gasteiger partial charge in [0.25, 0.3) is 0 Å². The molecule has 36 valence electrons. The third kappa shape index (κ3) is 3.24. The number of allylic oxidation sites excluding steroid dienone is 1. The standard InChI is InChI=1S/C4H3O2P/c1-2-4(5)3-7-6/h2H,1H2. The van der Waals surface area contributed by atoms with Crippen LogP contribution in [0.15, 0.2) is 12.7 Å². The van der Waals surface area contributed by atoms with E-state index in [1.54, 1.807) is 0 Å². The summed E-state index contributed by atoms with van der Waals surface area (Å²) in [4.78, 5) is 9.98. The molecule has 0 radical (unpaired) electrons. The monoisotopic (exact) mass is 114 g/mol. The molecule has 0 rings (SSSR count). The van der Waals surface area contributed by atoms with Crippen LogP contribution in [0, 0.1) is 5.63 Å². The van der Waals surface area contributed by atoms with E-state index in [9.17, 15) is 9.36 Å². The maximum absolute atomic E-state index is 9.98. The molecule has 0 aromatic heterocycles. The molecule has 2 nitrogen and oxygen atoms in total. The summed E-state index contributed by atoms with van der Waals surface area (Å²) < 4.78 is 9.49. The van der Waals surface area contributed by atoms with Crippen LogP contribution in [0.2, 0.25) is 0 Å². The topological polar surface area (TPSA) is 34.1 Å². The molecule has 0 unspecified atom stereocenters. The van der Waals surface area contributed by atoms with Crippen LogP contribution >= 0.6 is 7.92 Å². The van der Waals surface area contributed by atoms with Crippen molar-refractivity contribution in [1.29, 1.82) is 0 Å². The van der Waals surface area contributed by atoms with Crippen molar-refractivity contribution in [2.75, 3.05) is 0 Å². The van der Waals surface area contributed by atoms with Crippen molar-refractivity contribution >= 4 is 13.7 Å². The summed E-state index contributed by atoms with van der Waals surface area (Å²) in [6, 6.07) is 0. The minimum atomic E-state index is -0.434. The maximum atomic E-state index is 9.98. The number of hydrogen-bond acceptors (Lipinski definition) is 2. The summed E-state index contributed by atoms with van der Waals surface area (Å²) in [5.41, 5.74) is 1.95. The van der Waals surface area contributed by atoms with Crippen LogP contribution in [-0.2, 0) is 9.36 Å². The average molecular weight is 114 g/mol. The third-order valence-corrected chi connectivity index (χ3v) is 0.653. The molecule has 7 heavy (non-hydrogen) atoms. The first-order chi connectivity index (χ1) is 3.31. The Morgan fingerprint density at radius 1 is 1.86 bits per heavy atom. The van der Waals surface area contributed by atoms with Gasteiger partial charge in [-0.2, -0.15) is 0 Å². The van der Waals surface area contributed by atoms with Crippen LogP contribution in [-0.4, -0.2) is 5.78 Å². The van der Waals surface area contributed by atoms with Crippen molar-refractivity contribution in [3.8, 4) is 5.63 Å². The van der Waals surface area contributed by atoms with E-state index < -0.39 is 5.78 Å². The average Bonchev–Trinajstić information content (AvgIpc) is 1.68. The molecule has 0 aliphatic rings. The molecule has 3 heteroatoms. The van der Waals surface area contributed by atoms with Crippen molar-refractivity contribution in [2.45, 2.75) is 0 Å². The van der Waals surface area contributed by atoms with Crippen molar-refractivity contribution in [2.24, 2.45) is 0 Å². The molecule has 0 aliphatic heterocycles. The normalized spacial score (nSPS) is 6.29. The summed E-state index contributed by atoms with van der Waals surface area (Å²) in [6.07, 6.45) is 1.05. The number of ketones is 1. The van der Waals surface area contributed by atoms with Gasteiger partial charge in [0.15, 0.2) is 0 Å². The first-order valence-corrected chi connectivity index (χ1v) is 2.37. The van der Waals surface area contributed by atoms with Crippen LogP contribution in [0.1, 0.15) is 0 Å². The molecule has 0 N–H and O–H groups in total. The summed E-state index contributed by atoms with van der Waals surface area (Å²) in [7, 11) is -0.381. The molecule has 0 heterocycles. The quantitative estimate of drug-likeness (QED) is 0.376. The van der Waals surface area contributed by atoms with Crippen LogP contribution in [0.4, 0.5) is 0 Å². The van der Waals surface area contributed by atoms with Crippen molar-refractivity contribution in [3.63, 3.8) is 0 Å². The van der Waals surface area contributed by atoms with Gasteiger partial charge in [-0.05, 0) is 0 Å². The third-order valence-electron chi connectivity index (χ3n) is 0.341. The van der Waals surface area contributed by atoms with Crippen LogP contribution in [0.25, 0.3) is 0 Å². The molecule has 0 atom stereocenters. The van der Waals surface area contributed by atoms with E-state index in [0.29, 0.717) is 0 Å². The Morgan fingerprint density at radius 3 is 2.57 bits per heavy atom. The molecule has 0 aromatic rings. The number of hydrogen-bond donors (Lipinski definition) is 0. The SMILES string of the molecule is C=CC(=O)C#P=O. The molecule has 0 spiro atoms. The fraction of sp³-hybridized carbons (Fsp3) is 0. The van der Waals surface area contributed by atoms with E-state index in [-0.39, 0.29) is 7.92 Å². The summed E-state index contributed by atoms with van der Waals surface area (Å²) in [6.45, 7) is 3.12. The van der Waals surface area contributed by atoms with Gasteiger partial charge in [0.2, 0.25) is 0 Å². The predicted octanol–water partition coefficient (Wildman–Crippen LogP) is 0.992. The van der Waals surface area contributed by atoms with E-state index in [2.05, 4.69) is 6.58 Å². The minimum absolute atomic E-state index is 0.381. The van der Waals surface area contributed by atoms with Gasteiger partial charge in [-0.25, -0.2) is 0 Å².